The number of nitrogens with zero attached hydrogens (tertiary/aromatic N) is 4. The van der Waals surface area contributed by atoms with Gasteiger partial charge < -0.3 is 5.11 Å². The molecule has 1 atom stereocenters. The van der Waals surface area contributed by atoms with Crippen molar-refractivity contribution >= 4 is 27.4 Å². The van der Waals surface area contributed by atoms with Crippen molar-refractivity contribution in [1.82, 2.24) is 20.2 Å². The first-order valence-corrected chi connectivity index (χ1v) is 7.47. The lowest BCUT2D eigenvalue weighted by atomic mass is 10.1. The molecule has 108 valence electrons. The fraction of sp³-hybridized carbons (Fsp3) is 0.286. The van der Waals surface area contributed by atoms with Crippen molar-refractivity contribution in [2.24, 2.45) is 5.92 Å². The second-order valence-corrected chi connectivity index (χ2v) is 5.94. The van der Waals surface area contributed by atoms with Gasteiger partial charge in [0.15, 0.2) is 5.82 Å². The molecule has 0 amide bonds. The predicted octanol–water partition coefficient (Wildman–Crippen LogP) is 2.67. The highest BCUT2D eigenvalue weighted by molar-refractivity contribution is 7.17. The zero-order valence-corrected chi connectivity index (χ0v) is 12.2. The number of tetrazole rings is 1. The molecule has 0 fully saturated rings. The molecule has 7 heteroatoms. The van der Waals surface area contributed by atoms with Gasteiger partial charge in [0.25, 0.3) is 0 Å². The maximum Gasteiger partial charge on any atom is 0.303 e. The summed E-state index contributed by atoms with van der Waals surface area (Å²) in [5, 5.41) is 23.8. The number of aromatic nitrogens is 4. The van der Waals surface area contributed by atoms with E-state index in [1.807, 2.05) is 30.5 Å². The molecule has 0 aliphatic rings. The predicted molar refractivity (Wildman–Crippen MR) is 80.1 cm³/mol. The average Bonchev–Trinajstić information content (AvgIpc) is 3.03. The Morgan fingerprint density at radius 3 is 3.05 bits per heavy atom. The summed E-state index contributed by atoms with van der Waals surface area (Å²) in [5.74, 6) is -0.155. The van der Waals surface area contributed by atoms with Crippen molar-refractivity contribution < 1.29 is 9.90 Å². The summed E-state index contributed by atoms with van der Waals surface area (Å²) in [6.07, 6.45) is 0.101. The molecule has 0 aliphatic carbocycles. The highest BCUT2D eigenvalue weighted by atomic mass is 32.1. The van der Waals surface area contributed by atoms with Crippen LogP contribution in [0, 0.1) is 5.92 Å². The summed E-state index contributed by atoms with van der Waals surface area (Å²) in [6, 6.07) is 8.09. The number of fused-ring (bicyclic) bond motifs is 1. The zero-order chi connectivity index (χ0) is 14.8. The Bertz CT molecular complexity index is 780. The van der Waals surface area contributed by atoms with Crippen LogP contribution in [0.2, 0.25) is 0 Å². The number of hydrogen-bond donors (Lipinski definition) is 1. The van der Waals surface area contributed by atoms with E-state index < -0.39 is 5.97 Å². The molecular formula is C14H14N4O2S. The number of benzene rings is 1. The van der Waals surface area contributed by atoms with E-state index in [0.717, 1.165) is 10.9 Å². The Morgan fingerprint density at radius 1 is 1.43 bits per heavy atom. The minimum atomic E-state index is -0.807. The van der Waals surface area contributed by atoms with E-state index in [4.69, 9.17) is 5.11 Å². The molecule has 2 heterocycles. The van der Waals surface area contributed by atoms with E-state index in [-0.39, 0.29) is 12.3 Å². The van der Waals surface area contributed by atoms with E-state index in [9.17, 15) is 4.79 Å². The maximum atomic E-state index is 10.8. The van der Waals surface area contributed by atoms with Crippen LogP contribution in [0.3, 0.4) is 0 Å². The van der Waals surface area contributed by atoms with Gasteiger partial charge in [-0.05, 0) is 22.4 Å². The number of thiophene rings is 1. The molecule has 21 heavy (non-hydrogen) atoms. The van der Waals surface area contributed by atoms with Gasteiger partial charge >= 0.3 is 5.97 Å². The van der Waals surface area contributed by atoms with Gasteiger partial charge in [0.05, 0.1) is 0 Å². The Hall–Kier alpha value is -2.28. The smallest absolute Gasteiger partial charge is 0.303 e. The summed E-state index contributed by atoms with van der Waals surface area (Å²) in [7, 11) is 0. The Kier molecular flexibility index (Phi) is 3.66. The van der Waals surface area contributed by atoms with Gasteiger partial charge in [-0.15, -0.1) is 16.4 Å². The van der Waals surface area contributed by atoms with Crippen LogP contribution in [0.4, 0.5) is 0 Å². The molecule has 0 saturated carbocycles. The SMILES string of the molecule is CC(CC(=O)O)Cn1nnnc1-c1csc2ccccc12. The van der Waals surface area contributed by atoms with Crippen molar-refractivity contribution in [2.45, 2.75) is 19.9 Å². The van der Waals surface area contributed by atoms with Crippen molar-refractivity contribution in [3.8, 4) is 11.4 Å². The fourth-order valence-electron chi connectivity index (χ4n) is 2.33. The molecule has 0 radical (unpaired) electrons. The quantitative estimate of drug-likeness (QED) is 0.783. The monoisotopic (exact) mass is 302 g/mol. The molecule has 1 unspecified atom stereocenters. The number of rotatable bonds is 5. The van der Waals surface area contributed by atoms with Crippen LogP contribution in [0.25, 0.3) is 21.5 Å². The molecule has 1 aromatic carbocycles. The number of carboxylic acids is 1. The number of carboxylic acid groups (broad SMARTS) is 1. The van der Waals surface area contributed by atoms with Gasteiger partial charge in [0, 0.05) is 34.0 Å². The van der Waals surface area contributed by atoms with Crippen LogP contribution in [0.15, 0.2) is 29.6 Å². The maximum absolute atomic E-state index is 10.8. The molecule has 0 bridgehead atoms. The third kappa shape index (κ3) is 2.78. The van der Waals surface area contributed by atoms with Gasteiger partial charge in [0.2, 0.25) is 0 Å². The average molecular weight is 302 g/mol. The number of hydrogen-bond acceptors (Lipinski definition) is 5. The Balaban J connectivity index is 1.93. The molecule has 3 rings (SSSR count). The van der Waals surface area contributed by atoms with Gasteiger partial charge in [-0.25, -0.2) is 4.68 Å². The van der Waals surface area contributed by atoms with Gasteiger partial charge in [0.1, 0.15) is 0 Å². The molecule has 2 aromatic heterocycles. The van der Waals surface area contributed by atoms with Crippen molar-refractivity contribution in [2.75, 3.05) is 0 Å². The van der Waals surface area contributed by atoms with Crippen molar-refractivity contribution in [1.29, 1.82) is 0 Å². The van der Waals surface area contributed by atoms with Gasteiger partial charge in [-0.2, -0.15) is 0 Å². The molecule has 3 aromatic rings. The molecule has 0 saturated heterocycles. The Labute approximate surface area is 125 Å². The lowest BCUT2D eigenvalue weighted by molar-refractivity contribution is -0.138. The number of aliphatic carboxylic acids is 1. The fourth-order valence-corrected chi connectivity index (χ4v) is 3.27. The van der Waals surface area contributed by atoms with Crippen LogP contribution in [-0.4, -0.2) is 31.3 Å². The van der Waals surface area contributed by atoms with E-state index in [2.05, 4.69) is 21.6 Å². The van der Waals surface area contributed by atoms with Crippen LogP contribution < -0.4 is 0 Å². The summed E-state index contributed by atoms with van der Waals surface area (Å²) >= 11 is 1.65. The normalized spacial score (nSPS) is 12.6. The van der Waals surface area contributed by atoms with E-state index in [1.54, 1.807) is 16.0 Å². The zero-order valence-electron chi connectivity index (χ0n) is 11.4. The third-order valence-corrected chi connectivity index (χ3v) is 4.22. The summed E-state index contributed by atoms with van der Waals surface area (Å²) in [4.78, 5) is 10.8. The van der Waals surface area contributed by atoms with Gasteiger partial charge in [-0.1, -0.05) is 25.1 Å². The Morgan fingerprint density at radius 2 is 2.24 bits per heavy atom. The summed E-state index contributed by atoms with van der Waals surface area (Å²) < 4.78 is 2.86. The van der Waals surface area contributed by atoms with Gasteiger partial charge in [-0.3, -0.25) is 4.79 Å². The van der Waals surface area contributed by atoms with Crippen LogP contribution in [-0.2, 0) is 11.3 Å². The lowest BCUT2D eigenvalue weighted by Gasteiger charge is -2.09. The first-order valence-electron chi connectivity index (χ1n) is 6.59. The molecule has 6 nitrogen and oxygen atoms in total. The lowest BCUT2D eigenvalue weighted by Crippen LogP contribution is -2.14. The van der Waals surface area contributed by atoms with Crippen LogP contribution in [0.1, 0.15) is 13.3 Å². The minimum absolute atomic E-state index is 0.0327. The summed E-state index contributed by atoms with van der Waals surface area (Å²) in [5.41, 5.74) is 0.989. The van der Waals surface area contributed by atoms with E-state index in [0.29, 0.717) is 12.4 Å². The number of carbonyl (C=O) groups is 1. The summed E-state index contributed by atoms with van der Waals surface area (Å²) in [6.45, 7) is 2.37. The standard InChI is InChI=1S/C14H14N4O2S/c1-9(6-13(19)20)7-18-14(15-16-17-18)11-8-21-12-5-3-2-4-10(11)12/h2-5,8-9H,6-7H2,1H3,(H,19,20). The topological polar surface area (TPSA) is 80.9 Å². The third-order valence-electron chi connectivity index (χ3n) is 3.26. The molecular weight excluding hydrogens is 288 g/mol. The van der Waals surface area contributed by atoms with Crippen LogP contribution in [0.5, 0.6) is 0 Å². The highest BCUT2D eigenvalue weighted by Crippen LogP contribution is 2.32. The van der Waals surface area contributed by atoms with Crippen molar-refractivity contribution in [3.05, 3.63) is 29.6 Å². The first-order chi connectivity index (χ1) is 10.1. The van der Waals surface area contributed by atoms with E-state index in [1.165, 1.54) is 4.70 Å². The molecule has 0 aliphatic heterocycles. The molecule has 1 N–H and O–H groups in total. The van der Waals surface area contributed by atoms with Crippen LogP contribution >= 0.6 is 11.3 Å². The highest BCUT2D eigenvalue weighted by Gasteiger charge is 2.16. The second-order valence-electron chi connectivity index (χ2n) is 5.03. The largest absolute Gasteiger partial charge is 0.481 e. The second kappa shape index (κ2) is 5.61. The minimum Gasteiger partial charge on any atom is -0.481 e. The van der Waals surface area contributed by atoms with Crippen molar-refractivity contribution in [3.63, 3.8) is 0 Å². The molecule has 0 spiro atoms. The van der Waals surface area contributed by atoms with E-state index >= 15 is 0 Å². The first kappa shape index (κ1) is 13.7.